The minimum atomic E-state index is -0.347. The van der Waals surface area contributed by atoms with Crippen molar-refractivity contribution in [1.82, 2.24) is 4.90 Å². The Hall–Kier alpha value is -1.14. The topological polar surface area (TPSA) is 65.1 Å². The van der Waals surface area contributed by atoms with Crippen LogP contribution < -0.4 is 0 Å². The Labute approximate surface area is 101 Å². The van der Waals surface area contributed by atoms with Gasteiger partial charge in [-0.2, -0.15) is 0 Å². The van der Waals surface area contributed by atoms with Crippen LogP contribution in [0.2, 0.25) is 0 Å². The van der Waals surface area contributed by atoms with Gasteiger partial charge in [0.25, 0.3) is 0 Å². The Morgan fingerprint density at radius 3 is 2.00 bits per heavy atom. The van der Waals surface area contributed by atoms with Crippen molar-refractivity contribution < 1.29 is 23.8 Å². The van der Waals surface area contributed by atoms with Crippen LogP contribution in [0, 0.1) is 0 Å². The summed E-state index contributed by atoms with van der Waals surface area (Å²) in [7, 11) is 2.67. The molecule has 0 atom stereocenters. The first-order chi connectivity index (χ1) is 8.17. The molecule has 0 aliphatic carbocycles. The molecule has 0 spiro atoms. The number of carbonyl (C=O) groups excluding carboxylic acids is 2. The zero-order valence-corrected chi connectivity index (χ0v) is 10.3. The molecule has 0 aromatic rings. The SMILES string of the molecule is COC(=O)CN(CC(=O)OC)C1CCOCC1. The van der Waals surface area contributed by atoms with E-state index in [1.807, 2.05) is 0 Å². The highest BCUT2D eigenvalue weighted by molar-refractivity contribution is 5.74. The summed E-state index contributed by atoms with van der Waals surface area (Å²) in [5.74, 6) is -0.694. The Morgan fingerprint density at radius 1 is 1.12 bits per heavy atom. The van der Waals surface area contributed by atoms with Gasteiger partial charge in [-0.15, -0.1) is 0 Å². The maximum absolute atomic E-state index is 11.3. The summed E-state index contributed by atoms with van der Waals surface area (Å²) < 4.78 is 14.5. The van der Waals surface area contributed by atoms with Crippen LogP contribution in [0.4, 0.5) is 0 Å². The van der Waals surface area contributed by atoms with Crippen LogP contribution in [0.3, 0.4) is 0 Å². The lowest BCUT2D eigenvalue weighted by Gasteiger charge is -2.32. The van der Waals surface area contributed by atoms with E-state index in [4.69, 9.17) is 4.74 Å². The maximum atomic E-state index is 11.3. The average Bonchev–Trinajstić information content (AvgIpc) is 2.38. The van der Waals surface area contributed by atoms with Gasteiger partial charge in [0.2, 0.25) is 0 Å². The van der Waals surface area contributed by atoms with E-state index >= 15 is 0 Å². The van der Waals surface area contributed by atoms with E-state index in [0.29, 0.717) is 13.2 Å². The molecule has 0 unspecified atom stereocenters. The van der Waals surface area contributed by atoms with Gasteiger partial charge >= 0.3 is 11.9 Å². The lowest BCUT2D eigenvalue weighted by molar-refractivity contribution is -0.147. The molecule has 0 radical (unpaired) electrons. The van der Waals surface area contributed by atoms with Crippen LogP contribution in [0.5, 0.6) is 0 Å². The molecular weight excluding hydrogens is 226 g/mol. The van der Waals surface area contributed by atoms with Crippen molar-refractivity contribution in [3.63, 3.8) is 0 Å². The second-order valence-electron chi connectivity index (χ2n) is 3.90. The Balaban J connectivity index is 2.56. The van der Waals surface area contributed by atoms with Crippen molar-refractivity contribution in [2.24, 2.45) is 0 Å². The van der Waals surface area contributed by atoms with Crippen LogP contribution in [-0.4, -0.2) is 63.4 Å². The number of nitrogens with zero attached hydrogens (tertiary/aromatic N) is 1. The lowest BCUT2D eigenvalue weighted by Crippen LogP contribution is -2.45. The maximum Gasteiger partial charge on any atom is 0.319 e. The summed E-state index contributed by atoms with van der Waals surface area (Å²) in [6.45, 7) is 1.53. The number of hydrogen-bond acceptors (Lipinski definition) is 6. The van der Waals surface area contributed by atoms with Crippen molar-refractivity contribution in [3.05, 3.63) is 0 Å². The highest BCUT2D eigenvalue weighted by Gasteiger charge is 2.25. The molecule has 1 aliphatic rings. The predicted molar refractivity (Wildman–Crippen MR) is 59.4 cm³/mol. The highest BCUT2D eigenvalue weighted by atomic mass is 16.5. The second kappa shape index (κ2) is 7.24. The Kier molecular flexibility index (Phi) is 5.93. The van der Waals surface area contributed by atoms with Gasteiger partial charge in [0.1, 0.15) is 0 Å². The summed E-state index contributed by atoms with van der Waals surface area (Å²) in [6.07, 6.45) is 1.63. The number of rotatable bonds is 5. The van der Waals surface area contributed by atoms with Crippen molar-refractivity contribution in [2.75, 3.05) is 40.5 Å². The fourth-order valence-electron chi connectivity index (χ4n) is 1.83. The van der Waals surface area contributed by atoms with Gasteiger partial charge in [0.05, 0.1) is 27.3 Å². The average molecular weight is 245 g/mol. The summed E-state index contributed by atoms with van der Waals surface area (Å²) in [6, 6.07) is 0.168. The smallest absolute Gasteiger partial charge is 0.319 e. The largest absolute Gasteiger partial charge is 0.468 e. The molecular formula is C11H19NO5. The Bertz CT molecular complexity index is 245. The van der Waals surface area contributed by atoms with Gasteiger partial charge < -0.3 is 14.2 Å². The zero-order valence-electron chi connectivity index (χ0n) is 10.3. The quantitative estimate of drug-likeness (QED) is 0.626. The molecule has 1 heterocycles. The van der Waals surface area contributed by atoms with Gasteiger partial charge in [-0.3, -0.25) is 14.5 Å². The summed E-state index contributed by atoms with van der Waals surface area (Å²) in [5, 5.41) is 0. The number of methoxy groups -OCH3 is 2. The van der Waals surface area contributed by atoms with E-state index < -0.39 is 0 Å². The van der Waals surface area contributed by atoms with E-state index in [9.17, 15) is 9.59 Å². The van der Waals surface area contributed by atoms with Gasteiger partial charge in [0.15, 0.2) is 0 Å². The minimum absolute atomic E-state index is 0.107. The monoisotopic (exact) mass is 245 g/mol. The molecule has 1 rings (SSSR count). The molecule has 6 nitrogen and oxygen atoms in total. The van der Waals surface area contributed by atoms with Crippen molar-refractivity contribution in [2.45, 2.75) is 18.9 Å². The Morgan fingerprint density at radius 2 is 1.59 bits per heavy atom. The first kappa shape index (κ1) is 13.9. The standard InChI is InChI=1S/C11H19NO5/c1-15-10(13)7-12(8-11(14)16-2)9-3-5-17-6-4-9/h9H,3-8H2,1-2H3. The first-order valence-corrected chi connectivity index (χ1v) is 5.62. The molecule has 0 aromatic heterocycles. The van der Waals surface area contributed by atoms with Gasteiger partial charge in [-0.1, -0.05) is 0 Å². The number of hydrogen-bond donors (Lipinski definition) is 0. The molecule has 1 aliphatic heterocycles. The third kappa shape index (κ3) is 4.70. The summed E-state index contributed by atoms with van der Waals surface area (Å²) in [5.41, 5.74) is 0. The van der Waals surface area contributed by atoms with Crippen molar-refractivity contribution >= 4 is 11.9 Å². The fraction of sp³-hybridized carbons (Fsp3) is 0.818. The van der Waals surface area contributed by atoms with Crippen LogP contribution >= 0.6 is 0 Å². The molecule has 1 fully saturated rings. The van der Waals surface area contributed by atoms with Gasteiger partial charge in [-0.05, 0) is 12.8 Å². The molecule has 0 N–H and O–H groups in total. The molecule has 98 valence electrons. The zero-order chi connectivity index (χ0) is 12.7. The third-order valence-electron chi connectivity index (χ3n) is 2.83. The van der Waals surface area contributed by atoms with Crippen LogP contribution in [0.1, 0.15) is 12.8 Å². The number of ether oxygens (including phenoxy) is 3. The van der Waals surface area contributed by atoms with Crippen molar-refractivity contribution in [1.29, 1.82) is 0 Å². The van der Waals surface area contributed by atoms with E-state index in [1.165, 1.54) is 14.2 Å². The van der Waals surface area contributed by atoms with Crippen LogP contribution in [0.15, 0.2) is 0 Å². The third-order valence-corrected chi connectivity index (χ3v) is 2.83. The summed E-state index contributed by atoms with van der Waals surface area (Å²) >= 11 is 0. The van der Waals surface area contributed by atoms with Gasteiger partial charge in [0, 0.05) is 19.3 Å². The highest BCUT2D eigenvalue weighted by Crippen LogP contribution is 2.14. The molecule has 1 saturated heterocycles. The second-order valence-corrected chi connectivity index (χ2v) is 3.90. The number of carbonyl (C=O) groups is 2. The fourth-order valence-corrected chi connectivity index (χ4v) is 1.83. The molecule has 0 amide bonds. The molecule has 0 bridgehead atoms. The normalized spacial score (nSPS) is 16.9. The molecule has 0 aromatic carbocycles. The lowest BCUT2D eigenvalue weighted by atomic mass is 10.1. The van der Waals surface area contributed by atoms with Crippen molar-refractivity contribution in [3.8, 4) is 0 Å². The number of esters is 2. The van der Waals surface area contributed by atoms with Crippen LogP contribution in [0.25, 0.3) is 0 Å². The molecule has 6 heteroatoms. The molecule has 0 saturated carbocycles. The van der Waals surface area contributed by atoms with Crippen LogP contribution in [-0.2, 0) is 23.8 Å². The predicted octanol–water partition coefficient (Wildman–Crippen LogP) is -0.187. The van der Waals surface area contributed by atoms with E-state index in [2.05, 4.69) is 9.47 Å². The first-order valence-electron chi connectivity index (χ1n) is 5.62. The van der Waals surface area contributed by atoms with Gasteiger partial charge in [-0.25, -0.2) is 0 Å². The van der Waals surface area contributed by atoms with E-state index in [1.54, 1.807) is 4.90 Å². The molecule has 17 heavy (non-hydrogen) atoms. The van der Waals surface area contributed by atoms with E-state index in [0.717, 1.165) is 12.8 Å². The summed E-state index contributed by atoms with van der Waals surface area (Å²) in [4.78, 5) is 24.4. The van der Waals surface area contributed by atoms with E-state index in [-0.39, 0.29) is 31.1 Å². The minimum Gasteiger partial charge on any atom is -0.468 e.